The molecular weight excluding hydrogens is 312 g/mol. The zero-order valence-corrected chi connectivity index (χ0v) is 13.5. The molecule has 1 N–H and O–H groups in total. The third-order valence-corrected chi connectivity index (χ3v) is 5.22. The topological polar surface area (TPSA) is 67.2 Å². The Hall–Kier alpha value is -2.15. The van der Waals surface area contributed by atoms with E-state index < -0.39 is 0 Å². The van der Waals surface area contributed by atoms with Gasteiger partial charge in [0, 0.05) is 19.0 Å². The number of hydrogen-bond acceptors (Lipinski definition) is 4. The van der Waals surface area contributed by atoms with Gasteiger partial charge in [0.15, 0.2) is 0 Å². The van der Waals surface area contributed by atoms with E-state index in [-0.39, 0.29) is 17.7 Å². The molecule has 1 saturated carbocycles. The van der Waals surface area contributed by atoms with Crippen LogP contribution in [0.1, 0.15) is 34.0 Å². The molecule has 4 rings (SSSR count). The van der Waals surface area contributed by atoms with Gasteiger partial charge in [-0.1, -0.05) is 6.07 Å². The second-order valence-electron chi connectivity index (χ2n) is 6.01. The Morgan fingerprint density at radius 1 is 1.35 bits per heavy atom. The molecule has 1 aliphatic carbocycles. The maximum Gasteiger partial charge on any atom is 0.264 e. The van der Waals surface area contributed by atoms with Gasteiger partial charge < -0.3 is 14.8 Å². The van der Waals surface area contributed by atoms with Gasteiger partial charge in [0.1, 0.15) is 5.82 Å². The minimum Gasteiger partial charge on any atom is -0.350 e. The first-order valence-corrected chi connectivity index (χ1v) is 8.74. The number of thiophene rings is 1. The summed E-state index contributed by atoms with van der Waals surface area (Å²) in [7, 11) is 0. The predicted octanol–water partition coefficient (Wildman–Crippen LogP) is 1.63. The van der Waals surface area contributed by atoms with Gasteiger partial charge in [0.25, 0.3) is 5.91 Å². The Kier molecular flexibility index (Phi) is 3.65. The van der Waals surface area contributed by atoms with Crippen LogP contribution in [0.2, 0.25) is 0 Å². The zero-order chi connectivity index (χ0) is 15.8. The average Bonchev–Trinajstić information content (AvgIpc) is 3.13. The first-order valence-electron chi connectivity index (χ1n) is 7.86. The molecule has 7 heteroatoms. The fraction of sp³-hybridized carbons (Fsp3) is 0.438. The molecule has 0 saturated heterocycles. The van der Waals surface area contributed by atoms with Gasteiger partial charge in [0.2, 0.25) is 5.91 Å². The summed E-state index contributed by atoms with van der Waals surface area (Å²) in [5.74, 6) is 1.32. The molecule has 6 nitrogen and oxygen atoms in total. The summed E-state index contributed by atoms with van der Waals surface area (Å²) in [6, 6.07) is 3.75. The van der Waals surface area contributed by atoms with E-state index in [0.717, 1.165) is 35.8 Å². The van der Waals surface area contributed by atoms with Gasteiger partial charge in [-0.15, -0.1) is 11.3 Å². The summed E-state index contributed by atoms with van der Waals surface area (Å²) in [5.41, 5.74) is 1.01. The van der Waals surface area contributed by atoms with Crippen molar-refractivity contribution >= 4 is 23.2 Å². The number of amides is 2. The van der Waals surface area contributed by atoms with Crippen LogP contribution in [0.15, 0.2) is 23.7 Å². The maximum atomic E-state index is 12.4. The Morgan fingerprint density at radius 2 is 2.22 bits per heavy atom. The molecule has 120 valence electrons. The second-order valence-corrected chi connectivity index (χ2v) is 6.96. The molecule has 23 heavy (non-hydrogen) atoms. The lowest BCUT2D eigenvalue weighted by Gasteiger charge is -2.28. The Morgan fingerprint density at radius 3 is 2.96 bits per heavy atom. The molecule has 3 heterocycles. The first kappa shape index (κ1) is 14.4. The number of carbonyl (C=O) groups is 2. The highest BCUT2D eigenvalue weighted by Gasteiger charge is 2.30. The van der Waals surface area contributed by atoms with Gasteiger partial charge in [-0.05, 0) is 24.3 Å². The number of hydrogen-bond donors (Lipinski definition) is 1. The molecule has 2 aromatic rings. The number of fused-ring (bicyclic) bond motifs is 1. The molecule has 1 fully saturated rings. The predicted molar refractivity (Wildman–Crippen MR) is 85.9 cm³/mol. The van der Waals surface area contributed by atoms with E-state index >= 15 is 0 Å². The van der Waals surface area contributed by atoms with E-state index in [9.17, 15) is 9.59 Å². The summed E-state index contributed by atoms with van der Waals surface area (Å²) < 4.78 is 2.12. The van der Waals surface area contributed by atoms with Crippen molar-refractivity contribution in [1.82, 2.24) is 19.8 Å². The van der Waals surface area contributed by atoms with Crippen molar-refractivity contribution in [2.75, 3.05) is 6.54 Å². The normalized spacial score (nSPS) is 17.0. The SMILES string of the molecule is O=C(NCc1cnc2n1CCN(C(=O)c1cccs1)C2)C1CC1. The second kappa shape index (κ2) is 5.81. The number of imidazole rings is 1. The molecule has 0 unspecified atom stereocenters. The number of rotatable bonds is 4. The fourth-order valence-electron chi connectivity index (χ4n) is 2.86. The summed E-state index contributed by atoms with van der Waals surface area (Å²) >= 11 is 1.47. The molecule has 0 atom stereocenters. The number of nitrogens with one attached hydrogen (secondary N) is 1. The van der Waals surface area contributed by atoms with Crippen molar-refractivity contribution in [1.29, 1.82) is 0 Å². The van der Waals surface area contributed by atoms with E-state index in [4.69, 9.17) is 0 Å². The van der Waals surface area contributed by atoms with Gasteiger partial charge >= 0.3 is 0 Å². The highest BCUT2D eigenvalue weighted by Crippen LogP contribution is 2.28. The van der Waals surface area contributed by atoms with E-state index in [1.54, 1.807) is 0 Å². The number of aromatic nitrogens is 2. The molecule has 2 aromatic heterocycles. The lowest BCUT2D eigenvalue weighted by molar-refractivity contribution is -0.122. The molecule has 2 aliphatic rings. The van der Waals surface area contributed by atoms with Crippen molar-refractivity contribution in [2.24, 2.45) is 5.92 Å². The van der Waals surface area contributed by atoms with E-state index in [0.29, 0.717) is 19.6 Å². The number of nitrogens with zero attached hydrogens (tertiary/aromatic N) is 3. The van der Waals surface area contributed by atoms with Crippen molar-refractivity contribution in [3.05, 3.63) is 40.1 Å². The van der Waals surface area contributed by atoms with E-state index in [1.165, 1.54) is 11.3 Å². The summed E-state index contributed by atoms with van der Waals surface area (Å²) in [5, 5.41) is 4.89. The van der Waals surface area contributed by atoms with E-state index in [1.807, 2.05) is 28.6 Å². The minimum atomic E-state index is 0.0674. The quantitative estimate of drug-likeness (QED) is 0.926. The third-order valence-electron chi connectivity index (χ3n) is 4.36. The van der Waals surface area contributed by atoms with Crippen LogP contribution in [0.3, 0.4) is 0 Å². The molecule has 0 aromatic carbocycles. The van der Waals surface area contributed by atoms with Crippen LogP contribution in [0.4, 0.5) is 0 Å². The molecule has 2 amide bonds. The Bertz CT molecular complexity index is 733. The Labute approximate surface area is 138 Å². The van der Waals surface area contributed by atoms with Crippen molar-refractivity contribution in [3.8, 4) is 0 Å². The lowest BCUT2D eigenvalue weighted by atomic mass is 10.3. The molecular formula is C16H18N4O2S. The summed E-state index contributed by atoms with van der Waals surface area (Å²) in [4.78, 5) is 31.2. The summed E-state index contributed by atoms with van der Waals surface area (Å²) in [6.45, 7) is 2.43. The van der Waals surface area contributed by atoms with Crippen LogP contribution in [-0.2, 0) is 24.4 Å². The highest BCUT2D eigenvalue weighted by molar-refractivity contribution is 7.12. The van der Waals surface area contributed by atoms with Crippen molar-refractivity contribution < 1.29 is 9.59 Å². The largest absolute Gasteiger partial charge is 0.350 e. The van der Waals surface area contributed by atoms with Gasteiger partial charge in [-0.25, -0.2) is 4.98 Å². The molecule has 0 radical (unpaired) electrons. The Balaban J connectivity index is 1.42. The molecule has 0 spiro atoms. The average molecular weight is 330 g/mol. The first-order chi connectivity index (χ1) is 11.2. The lowest BCUT2D eigenvalue weighted by Crippen LogP contribution is -2.39. The van der Waals surface area contributed by atoms with Crippen LogP contribution in [-0.4, -0.2) is 32.8 Å². The van der Waals surface area contributed by atoms with Crippen molar-refractivity contribution in [3.63, 3.8) is 0 Å². The van der Waals surface area contributed by atoms with E-state index in [2.05, 4.69) is 14.9 Å². The van der Waals surface area contributed by atoms with Crippen LogP contribution in [0.5, 0.6) is 0 Å². The zero-order valence-electron chi connectivity index (χ0n) is 12.7. The standard InChI is InChI=1S/C16H18N4O2S/c21-15(11-3-4-11)18-9-12-8-17-14-10-19(5-6-20(12)14)16(22)13-2-1-7-23-13/h1-2,7-8,11H,3-6,9-10H2,(H,18,21). The minimum absolute atomic E-state index is 0.0674. The van der Waals surface area contributed by atoms with Crippen molar-refractivity contribution in [2.45, 2.75) is 32.5 Å². The van der Waals surface area contributed by atoms with Crippen LogP contribution < -0.4 is 5.32 Å². The number of carbonyl (C=O) groups excluding carboxylic acids is 2. The van der Waals surface area contributed by atoms with Crippen LogP contribution >= 0.6 is 11.3 Å². The van der Waals surface area contributed by atoms with Crippen LogP contribution in [0, 0.1) is 5.92 Å². The molecule has 1 aliphatic heterocycles. The summed E-state index contributed by atoms with van der Waals surface area (Å²) in [6.07, 6.45) is 3.83. The third kappa shape index (κ3) is 2.88. The van der Waals surface area contributed by atoms with Crippen LogP contribution in [0.25, 0.3) is 0 Å². The van der Waals surface area contributed by atoms with Gasteiger partial charge in [-0.3, -0.25) is 9.59 Å². The smallest absolute Gasteiger partial charge is 0.264 e. The van der Waals surface area contributed by atoms with Gasteiger partial charge in [-0.2, -0.15) is 0 Å². The molecule has 0 bridgehead atoms. The monoisotopic (exact) mass is 330 g/mol. The van der Waals surface area contributed by atoms with Gasteiger partial charge in [0.05, 0.1) is 29.9 Å². The fourth-order valence-corrected chi connectivity index (χ4v) is 3.55. The maximum absolute atomic E-state index is 12.4. The highest BCUT2D eigenvalue weighted by atomic mass is 32.1.